The van der Waals surface area contributed by atoms with Gasteiger partial charge in [-0.2, -0.15) is 10.2 Å². The van der Waals surface area contributed by atoms with Gasteiger partial charge >= 0.3 is 0 Å². The summed E-state index contributed by atoms with van der Waals surface area (Å²) in [5.74, 6) is 0. The Morgan fingerprint density at radius 2 is 1.13 bits per heavy atom. The van der Waals surface area contributed by atoms with Crippen LogP contribution in [0.2, 0.25) is 0 Å². The van der Waals surface area contributed by atoms with Crippen LogP contribution in [0.4, 0.5) is 0 Å². The average molecular weight is 406 g/mol. The topological polar surface area (TPSA) is 61.4 Å². The van der Waals surface area contributed by atoms with Crippen molar-refractivity contribution in [1.29, 1.82) is 0 Å². The number of hydrogen-bond acceptors (Lipinski definition) is 4. The number of hydrogen-bond donors (Lipinski definition) is 0. The van der Waals surface area contributed by atoms with E-state index in [9.17, 15) is 0 Å². The van der Waals surface area contributed by atoms with Gasteiger partial charge in [-0.1, -0.05) is 35.9 Å². The van der Waals surface area contributed by atoms with E-state index in [-0.39, 0.29) is 0 Å². The maximum atomic E-state index is 4.69. The van der Waals surface area contributed by atoms with E-state index in [1.54, 1.807) is 12.4 Å². The Labute approximate surface area is 180 Å². The molecule has 6 nitrogen and oxygen atoms in total. The zero-order valence-corrected chi connectivity index (χ0v) is 17.3. The molecule has 0 radical (unpaired) electrons. The first-order valence-electron chi connectivity index (χ1n) is 10.2. The van der Waals surface area contributed by atoms with Gasteiger partial charge in [0, 0.05) is 24.8 Å². The van der Waals surface area contributed by atoms with Crippen molar-refractivity contribution in [3.8, 4) is 22.8 Å². The highest BCUT2D eigenvalue weighted by atomic mass is 15.3. The molecule has 0 aliphatic heterocycles. The van der Waals surface area contributed by atoms with Crippen LogP contribution in [-0.4, -0.2) is 29.5 Å². The molecule has 0 aliphatic rings. The minimum absolute atomic E-state index is 0.708. The van der Waals surface area contributed by atoms with Crippen molar-refractivity contribution in [3.63, 3.8) is 0 Å². The van der Waals surface area contributed by atoms with E-state index in [1.807, 2.05) is 70.3 Å². The maximum Gasteiger partial charge on any atom is 0.111 e. The molecule has 5 rings (SSSR count). The standard InChI is InChI=1S/C25H22N6/c1-19-14-20(17-30-12-8-24(28-30)22-6-2-4-10-26-22)16-21(15-19)18-31-13-9-25(29-31)23-7-3-5-11-27-23/h2-16H,17-18H2,1H3. The monoisotopic (exact) mass is 406 g/mol. The number of pyridine rings is 2. The molecule has 1 aromatic carbocycles. The van der Waals surface area contributed by atoms with Crippen LogP contribution in [0.5, 0.6) is 0 Å². The van der Waals surface area contributed by atoms with Crippen molar-refractivity contribution in [2.75, 3.05) is 0 Å². The van der Waals surface area contributed by atoms with Gasteiger partial charge in [-0.05, 0) is 54.4 Å². The minimum atomic E-state index is 0.708. The number of benzene rings is 1. The molecule has 0 saturated heterocycles. The first-order chi connectivity index (χ1) is 15.2. The van der Waals surface area contributed by atoms with Crippen molar-refractivity contribution in [2.45, 2.75) is 20.0 Å². The Kier molecular flexibility index (Phi) is 5.10. The smallest absolute Gasteiger partial charge is 0.111 e. The fourth-order valence-corrected chi connectivity index (χ4v) is 3.71. The second-order valence-corrected chi connectivity index (χ2v) is 7.55. The Balaban J connectivity index is 1.33. The summed E-state index contributed by atoms with van der Waals surface area (Å²) in [5, 5.41) is 9.37. The van der Waals surface area contributed by atoms with Crippen molar-refractivity contribution >= 4 is 0 Å². The molecule has 0 atom stereocenters. The predicted molar refractivity (Wildman–Crippen MR) is 120 cm³/mol. The third-order valence-electron chi connectivity index (χ3n) is 5.02. The summed E-state index contributed by atoms with van der Waals surface area (Å²) in [5.41, 5.74) is 7.17. The molecule has 0 bridgehead atoms. The molecule has 152 valence electrons. The van der Waals surface area contributed by atoms with Gasteiger partial charge in [-0.25, -0.2) is 0 Å². The fraction of sp³-hybridized carbons (Fsp3) is 0.120. The molecule has 0 fully saturated rings. The lowest BCUT2D eigenvalue weighted by molar-refractivity contribution is 0.675. The summed E-state index contributed by atoms with van der Waals surface area (Å²) >= 11 is 0. The number of aryl methyl sites for hydroxylation is 1. The average Bonchev–Trinajstić information content (AvgIpc) is 3.44. The van der Waals surface area contributed by atoms with Gasteiger partial charge in [0.2, 0.25) is 0 Å². The van der Waals surface area contributed by atoms with E-state index in [0.29, 0.717) is 13.1 Å². The molecule has 0 spiro atoms. The Bertz CT molecular complexity index is 1190. The number of aromatic nitrogens is 6. The predicted octanol–water partition coefficient (Wildman–Crippen LogP) is 4.61. The highest BCUT2D eigenvalue weighted by Gasteiger charge is 2.07. The van der Waals surface area contributed by atoms with Crippen molar-refractivity contribution in [2.24, 2.45) is 0 Å². The van der Waals surface area contributed by atoms with Crippen LogP contribution in [0.3, 0.4) is 0 Å². The van der Waals surface area contributed by atoms with Gasteiger partial charge in [0.25, 0.3) is 0 Å². The van der Waals surface area contributed by atoms with Crippen LogP contribution in [0.25, 0.3) is 22.8 Å². The van der Waals surface area contributed by atoms with E-state index in [2.05, 4.69) is 45.3 Å². The van der Waals surface area contributed by atoms with Gasteiger partial charge in [-0.3, -0.25) is 19.3 Å². The fourth-order valence-electron chi connectivity index (χ4n) is 3.71. The van der Waals surface area contributed by atoms with E-state index in [1.165, 1.54) is 16.7 Å². The second-order valence-electron chi connectivity index (χ2n) is 7.55. The second kappa shape index (κ2) is 8.36. The molecule has 4 aromatic heterocycles. The van der Waals surface area contributed by atoms with Crippen LogP contribution in [0.15, 0.2) is 91.5 Å². The summed E-state index contributed by atoms with van der Waals surface area (Å²) in [6, 6.07) is 22.3. The Hall–Kier alpha value is -4.06. The van der Waals surface area contributed by atoms with Crippen LogP contribution in [-0.2, 0) is 13.1 Å². The van der Waals surface area contributed by atoms with Crippen molar-refractivity contribution in [1.82, 2.24) is 29.5 Å². The van der Waals surface area contributed by atoms with E-state index >= 15 is 0 Å². The summed E-state index contributed by atoms with van der Waals surface area (Å²) in [4.78, 5) is 8.76. The van der Waals surface area contributed by atoms with Gasteiger partial charge in [0.1, 0.15) is 11.4 Å². The number of rotatable bonds is 6. The quantitative estimate of drug-likeness (QED) is 0.413. The summed E-state index contributed by atoms with van der Waals surface area (Å²) < 4.78 is 3.91. The van der Waals surface area contributed by atoms with E-state index < -0.39 is 0 Å². The summed E-state index contributed by atoms with van der Waals surface area (Å²) in [6.07, 6.45) is 7.57. The summed E-state index contributed by atoms with van der Waals surface area (Å²) in [6.45, 7) is 3.54. The normalized spacial score (nSPS) is 11.0. The van der Waals surface area contributed by atoms with Gasteiger partial charge in [0.15, 0.2) is 0 Å². The van der Waals surface area contributed by atoms with Crippen LogP contribution in [0, 0.1) is 6.92 Å². The highest BCUT2D eigenvalue weighted by Crippen LogP contribution is 2.17. The Morgan fingerprint density at radius 3 is 1.58 bits per heavy atom. The molecule has 5 aromatic rings. The SMILES string of the molecule is Cc1cc(Cn2ccc(-c3ccccn3)n2)cc(Cn2ccc(-c3ccccn3)n2)c1. The zero-order valence-electron chi connectivity index (χ0n) is 17.3. The van der Waals surface area contributed by atoms with Crippen molar-refractivity contribution in [3.05, 3.63) is 108 Å². The maximum absolute atomic E-state index is 4.69. The molecule has 0 unspecified atom stereocenters. The van der Waals surface area contributed by atoms with Crippen LogP contribution >= 0.6 is 0 Å². The molecule has 6 heteroatoms. The van der Waals surface area contributed by atoms with E-state index in [0.717, 1.165) is 22.8 Å². The molecule has 31 heavy (non-hydrogen) atoms. The summed E-state index contributed by atoms with van der Waals surface area (Å²) in [7, 11) is 0. The lowest BCUT2D eigenvalue weighted by Gasteiger charge is -2.09. The number of nitrogens with zero attached hydrogens (tertiary/aromatic N) is 6. The van der Waals surface area contributed by atoms with Crippen LogP contribution < -0.4 is 0 Å². The molecule has 4 heterocycles. The largest absolute Gasteiger partial charge is 0.268 e. The third-order valence-corrected chi connectivity index (χ3v) is 5.02. The molecule has 0 aliphatic carbocycles. The van der Waals surface area contributed by atoms with Crippen LogP contribution in [0.1, 0.15) is 16.7 Å². The third kappa shape index (κ3) is 4.43. The lowest BCUT2D eigenvalue weighted by atomic mass is 10.1. The van der Waals surface area contributed by atoms with E-state index in [4.69, 9.17) is 0 Å². The lowest BCUT2D eigenvalue weighted by Crippen LogP contribution is -2.05. The zero-order chi connectivity index (χ0) is 21.0. The molecule has 0 saturated carbocycles. The molecular formula is C25H22N6. The van der Waals surface area contributed by atoms with Gasteiger partial charge < -0.3 is 0 Å². The van der Waals surface area contributed by atoms with Crippen molar-refractivity contribution < 1.29 is 0 Å². The van der Waals surface area contributed by atoms with Gasteiger partial charge in [-0.15, -0.1) is 0 Å². The minimum Gasteiger partial charge on any atom is -0.268 e. The van der Waals surface area contributed by atoms with Gasteiger partial charge in [0.05, 0.1) is 24.5 Å². The first kappa shape index (κ1) is 18.9. The molecule has 0 N–H and O–H groups in total. The molecular weight excluding hydrogens is 384 g/mol. The Morgan fingerprint density at radius 1 is 0.613 bits per heavy atom. The first-order valence-corrected chi connectivity index (χ1v) is 10.2. The highest BCUT2D eigenvalue weighted by molar-refractivity contribution is 5.53. The molecule has 0 amide bonds.